The Hall–Kier alpha value is 0.690. The standard InChI is InChI=1S/C6H10IN/c7-8-5-1-2-6(8)3-4-6/h1-5H2. The Morgan fingerprint density at radius 3 is 2.25 bits per heavy atom. The van der Waals surface area contributed by atoms with E-state index in [1.807, 2.05) is 0 Å². The van der Waals surface area contributed by atoms with E-state index < -0.39 is 0 Å². The number of hydrogen-bond donors (Lipinski definition) is 0. The lowest BCUT2D eigenvalue weighted by Gasteiger charge is -2.13. The van der Waals surface area contributed by atoms with Gasteiger partial charge in [-0.2, -0.15) is 0 Å². The zero-order valence-corrected chi connectivity index (χ0v) is 7.02. The Bertz CT molecular complexity index is 109. The summed E-state index contributed by atoms with van der Waals surface area (Å²) < 4.78 is 2.50. The van der Waals surface area contributed by atoms with Crippen LogP contribution < -0.4 is 0 Å². The maximum atomic E-state index is 2.50. The highest BCUT2D eigenvalue weighted by molar-refractivity contribution is 14.1. The first kappa shape index (κ1) is 5.47. The van der Waals surface area contributed by atoms with Crippen LogP contribution in [-0.4, -0.2) is 15.2 Å². The molecule has 46 valence electrons. The van der Waals surface area contributed by atoms with E-state index in [1.165, 1.54) is 32.2 Å². The molecule has 2 fully saturated rings. The van der Waals surface area contributed by atoms with E-state index >= 15 is 0 Å². The largest absolute Gasteiger partial charge is 0.241 e. The van der Waals surface area contributed by atoms with Crippen molar-refractivity contribution in [2.75, 3.05) is 6.54 Å². The van der Waals surface area contributed by atoms with Crippen molar-refractivity contribution in [1.29, 1.82) is 0 Å². The highest BCUT2D eigenvalue weighted by atomic mass is 127. The molecule has 2 heteroatoms. The minimum Gasteiger partial charge on any atom is -0.241 e. The molecule has 0 aromatic heterocycles. The molecule has 0 aromatic rings. The highest BCUT2D eigenvalue weighted by Gasteiger charge is 2.49. The number of rotatable bonds is 0. The highest BCUT2D eigenvalue weighted by Crippen LogP contribution is 2.51. The van der Waals surface area contributed by atoms with Gasteiger partial charge in [-0.1, -0.05) is 0 Å². The monoisotopic (exact) mass is 223 g/mol. The van der Waals surface area contributed by atoms with E-state index in [9.17, 15) is 0 Å². The predicted octanol–water partition coefficient (Wildman–Crippen LogP) is 1.96. The number of hydrogen-bond acceptors (Lipinski definition) is 1. The van der Waals surface area contributed by atoms with Gasteiger partial charge in [0.15, 0.2) is 0 Å². The van der Waals surface area contributed by atoms with Crippen LogP contribution in [0.2, 0.25) is 0 Å². The van der Waals surface area contributed by atoms with Crippen LogP contribution in [0.25, 0.3) is 0 Å². The molecular weight excluding hydrogens is 213 g/mol. The van der Waals surface area contributed by atoms with Crippen molar-refractivity contribution in [3.05, 3.63) is 0 Å². The summed E-state index contributed by atoms with van der Waals surface area (Å²) in [6.07, 6.45) is 5.84. The molecule has 1 aliphatic heterocycles. The first-order valence-corrected chi connectivity index (χ1v) is 4.23. The summed E-state index contributed by atoms with van der Waals surface area (Å²) >= 11 is 2.47. The van der Waals surface area contributed by atoms with Crippen molar-refractivity contribution in [1.82, 2.24) is 3.11 Å². The zero-order valence-electron chi connectivity index (χ0n) is 4.86. The average Bonchev–Trinajstić information content (AvgIpc) is 2.39. The molecule has 2 aliphatic rings. The van der Waals surface area contributed by atoms with Gasteiger partial charge in [-0.3, -0.25) is 0 Å². The molecule has 1 spiro atoms. The van der Waals surface area contributed by atoms with E-state index in [0.717, 1.165) is 5.54 Å². The summed E-state index contributed by atoms with van der Waals surface area (Å²) in [5.41, 5.74) is 0.723. The summed E-state index contributed by atoms with van der Waals surface area (Å²) in [7, 11) is 0. The van der Waals surface area contributed by atoms with Gasteiger partial charge in [0.05, 0.1) is 0 Å². The molecule has 2 rings (SSSR count). The minimum absolute atomic E-state index is 0.723. The molecule has 0 unspecified atom stereocenters. The van der Waals surface area contributed by atoms with Crippen LogP contribution in [0.1, 0.15) is 25.7 Å². The lowest BCUT2D eigenvalue weighted by Crippen LogP contribution is -2.19. The molecular formula is C6H10IN. The fourth-order valence-corrected chi connectivity index (χ4v) is 2.61. The fraction of sp³-hybridized carbons (Fsp3) is 1.00. The topological polar surface area (TPSA) is 3.24 Å². The molecule has 0 aromatic carbocycles. The smallest absolute Gasteiger partial charge is 0.0307 e. The Labute approximate surface area is 63.9 Å². The molecule has 1 nitrogen and oxygen atoms in total. The molecule has 1 saturated carbocycles. The molecule has 0 atom stereocenters. The van der Waals surface area contributed by atoms with Crippen LogP contribution in [0.4, 0.5) is 0 Å². The van der Waals surface area contributed by atoms with Crippen LogP contribution >= 0.6 is 22.9 Å². The van der Waals surface area contributed by atoms with Crippen LogP contribution in [0.3, 0.4) is 0 Å². The van der Waals surface area contributed by atoms with Crippen LogP contribution in [0, 0.1) is 0 Å². The van der Waals surface area contributed by atoms with Gasteiger partial charge in [0.2, 0.25) is 0 Å². The van der Waals surface area contributed by atoms with Crippen molar-refractivity contribution < 1.29 is 0 Å². The van der Waals surface area contributed by atoms with Crippen molar-refractivity contribution in [2.24, 2.45) is 0 Å². The first-order chi connectivity index (χ1) is 3.83. The maximum absolute atomic E-state index is 2.50. The second-order valence-electron chi connectivity index (χ2n) is 2.91. The van der Waals surface area contributed by atoms with Gasteiger partial charge >= 0.3 is 0 Å². The Morgan fingerprint density at radius 2 is 2.00 bits per heavy atom. The lowest BCUT2D eigenvalue weighted by atomic mass is 10.2. The van der Waals surface area contributed by atoms with Crippen LogP contribution in [-0.2, 0) is 0 Å². The Kier molecular flexibility index (Phi) is 1.09. The van der Waals surface area contributed by atoms with E-state index in [-0.39, 0.29) is 0 Å². The van der Waals surface area contributed by atoms with Gasteiger partial charge in [-0.25, -0.2) is 3.11 Å². The quantitative estimate of drug-likeness (QED) is 0.448. The molecule has 0 N–H and O–H groups in total. The third-order valence-electron chi connectivity index (χ3n) is 2.34. The van der Waals surface area contributed by atoms with Crippen LogP contribution in [0.5, 0.6) is 0 Å². The molecule has 1 heterocycles. The van der Waals surface area contributed by atoms with Crippen LogP contribution in [0.15, 0.2) is 0 Å². The van der Waals surface area contributed by atoms with Crippen molar-refractivity contribution >= 4 is 22.9 Å². The molecule has 1 aliphatic carbocycles. The van der Waals surface area contributed by atoms with E-state index in [1.54, 1.807) is 0 Å². The lowest BCUT2D eigenvalue weighted by molar-refractivity contribution is 0.452. The Balaban J connectivity index is 2.12. The molecule has 0 amide bonds. The summed E-state index contributed by atoms with van der Waals surface area (Å²) in [5.74, 6) is 0. The molecule has 0 bridgehead atoms. The zero-order chi connectivity index (χ0) is 5.61. The van der Waals surface area contributed by atoms with Gasteiger partial charge < -0.3 is 0 Å². The minimum atomic E-state index is 0.723. The van der Waals surface area contributed by atoms with E-state index in [2.05, 4.69) is 26.0 Å². The molecule has 0 radical (unpaired) electrons. The number of nitrogens with zero attached hydrogens (tertiary/aromatic N) is 1. The van der Waals surface area contributed by atoms with Crippen molar-refractivity contribution in [3.8, 4) is 0 Å². The van der Waals surface area contributed by atoms with E-state index in [0.29, 0.717) is 0 Å². The molecule has 8 heavy (non-hydrogen) atoms. The second kappa shape index (κ2) is 1.59. The number of halogens is 1. The summed E-state index contributed by atoms with van der Waals surface area (Å²) in [4.78, 5) is 0. The van der Waals surface area contributed by atoms with Crippen molar-refractivity contribution in [3.63, 3.8) is 0 Å². The normalized spacial score (nSPS) is 34.1. The summed E-state index contributed by atoms with van der Waals surface area (Å²) in [6.45, 7) is 1.33. The Morgan fingerprint density at radius 1 is 1.25 bits per heavy atom. The first-order valence-electron chi connectivity index (χ1n) is 3.27. The molecule has 1 saturated heterocycles. The van der Waals surface area contributed by atoms with Gasteiger partial charge in [0.1, 0.15) is 0 Å². The average molecular weight is 223 g/mol. The van der Waals surface area contributed by atoms with Gasteiger partial charge in [0, 0.05) is 34.9 Å². The van der Waals surface area contributed by atoms with Gasteiger partial charge in [0.25, 0.3) is 0 Å². The third kappa shape index (κ3) is 0.620. The SMILES string of the molecule is IN1CCCC12CC2. The van der Waals surface area contributed by atoms with Gasteiger partial charge in [-0.15, -0.1) is 0 Å². The second-order valence-corrected chi connectivity index (χ2v) is 4.08. The summed E-state index contributed by atoms with van der Waals surface area (Å²) in [6, 6.07) is 0. The van der Waals surface area contributed by atoms with Crippen molar-refractivity contribution in [2.45, 2.75) is 31.2 Å². The van der Waals surface area contributed by atoms with Gasteiger partial charge in [-0.05, 0) is 25.7 Å². The fourth-order valence-electron chi connectivity index (χ4n) is 1.54. The summed E-state index contributed by atoms with van der Waals surface area (Å²) in [5, 5.41) is 0. The third-order valence-corrected chi connectivity index (χ3v) is 3.84. The predicted molar refractivity (Wildman–Crippen MR) is 41.9 cm³/mol. The maximum Gasteiger partial charge on any atom is 0.0307 e. The van der Waals surface area contributed by atoms with E-state index in [4.69, 9.17) is 0 Å².